The Balaban J connectivity index is 2.12. The third-order valence-corrected chi connectivity index (χ3v) is 3.71. The number of nitrogens with zero attached hydrogens (tertiary/aromatic N) is 1. The monoisotopic (exact) mass is 268 g/mol. The summed E-state index contributed by atoms with van der Waals surface area (Å²) < 4.78 is 5.48. The quantitative estimate of drug-likeness (QED) is 0.679. The second-order valence-corrected chi connectivity index (χ2v) is 5.05. The van der Waals surface area contributed by atoms with E-state index in [0.29, 0.717) is 21.7 Å². The average Bonchev–Trinajstić information content (AvgIpc) is 2.58. The highest BCUT2D eigenvalue weighted by Crippen LogP contribution is 2.30. The maximum atomic E-state index is 6.09. The van der Waals surface area contributed by atoms with Crippen LogP contribution in [0.5, 0.6) is 0 Å². The van der Waals surface area contributed by atoms with Gasteiger partial charge in [-0.3, -0.25) is 0 Å². The zero-order valence-electron chi connectivity index (χ0n) is 9.66. The molecule has 0 amide bonds. The Morgan fingerprint density at radius 3 is 2.76 bits per heavy atom. The highest BCUT2D eigenvalue weighted by Gasteiger charge is 2.09. The van der Waals surface area contributed by atoms with Gasteiger partial charge in [-0.05, 0) is 26.0 Å². The lowest BCUT2D eigenvalue weighted by Gasteiger charge is -2.05. The van der Waals surface area contributed by atoms with E-state index in [4.69, 9.17) is 21.8 Å². The van der Waals surface area contributed by atoms with Gasteiger partial charge in [0.15, 0.2) is 0 Å². The Hall–Kier alpha value is -1.13. The standard InChI is InChI=1S/C12H13ClN2OS/c1-7-8(2)16-12(15-7)17-6-9-10(13)4-3-5-11(9)14/h3-5H,6,14H2,1-2H3. The second kappa shape index (κ2) is 5.02. The van der Waals surface area contributed by atoms with Crippen LogP contribution in [0, 0.1) is 13.8 Å². The predicted octanol–water partition coefficient (Wildman–Crippen LogP) is 3.82. The molecule has 0 atom stereocenters. The molecule has 2 N–H and O–H groups in total. The van der Waals surface area contributed by atoms with Crippen LogP contribution in [0.15, 0.2) is 27.8 Å². The van der Waals surface area contributed by atoms with E-state index in [9.17, 15) is 0 Å². The predicted molar refractivity (Wildman–Crippen MR) is 71.4 cm³/mol. The minimum absolute atomic E-state index is 0.652. The maximum Gasteiger partial charge on any atom is 0.256 e. The lowest BCUT2D eigenvalue weighted by molar-refractivity contribution is 0.431. The summed E-state index contributed by atoms with van der Waals surface area (Å²) >= 11 is 7.58. The van der Waals surface area contributed by atoms with Crippen molar-refractivity contribution in [1.82, 2.24) is 4.98 Å². The molecule has 0 aliphatic rings. The van der Waals surface area contributed by atoms with Crippen LogP contribution >= 0.6 is 23.4 Å². The molecule has 0 fully saturated rings. The molecule has 0 radical (unpaired) electrons. The Morgan fingerprint density at radius 2 is 2.18 bits per heavy atom. The largest absolute Gasteiger partial charge is 0.437 e. The molecule has 0 unspecified atom stereocenters. The van der Waals surface area contributed by atoms with E-state index in [-0.39, 0.29) is 0 Å². The Labute approximate surface area is 109 Å². The molecule has 3 nitrogen and oxygen atoms in total. The van der Waals surface area contributed by atoms with Gasteiger partial charge >= 0.3 is 0 Å². The smallest absolute Gasteiger partial charge is 0.256 e. The van der Waals surface area contributed by atoms with Crippen LogP contribution in [-0.4, -0.2) is 4.98 Å². The molecule has 17 heavy (non-hydrogen) atoms. The van der Waals surface area contributed by atoms with E-state index >= 15 is 0 Å². The number of anilines is 1. The molecule has 1 aromatic carbocycles. The summed E-state index contributed by atoms with van der Waals surface area (Å²) in [6.07, 6.45) is 0. The molecular weight excluding hydrogens is 256 g/mol. The Morgan fingerprint density at radius 1 is 1.41 bits per heavy atom. The number of aryl methyl sites for hydroxylation is 2. The maximum absolute atomic E-state index is 6.09. The molecule has 0 spiro atoms. The van der Waals surface area contributed by atoms with Crippen LogP contribution in [0.3, 0.4) is 0 Å². The van der Waals surface area contributed by atoms with Gasteiger partial charge in [0.05, 0.1) is 5.69 Å². The first-order valence-electron chi connectivity index (χ1n) is 5.17. The molecule has 1 aromatic heterocycles. The van der Waals surface area contributed by atoms with Gasteiger partial charge in [0.1, 0.15) is 5.76 Å². The van der Waals surface area contributed by atoms with Gasteiger partial charge in [0.25, 0.3) is 5.22 Å². The van der Waals surface area contributed by atoms with Crippen LogP contribution in [0.2, 0.25) is 5.02 Å². The van der Waals surface area contributed by atoms with Crippen molar-refractivity contribution in [3.8, 4) is 0 Å². The first kappa shape index (κ1) is 12.3. The van der Waals surface area contributed by atoms with Gasteiger partial charge in [-0.1, -0.05) is 29.4 Å². The number of thioether (sulfide) groups is 1. The summed E-state index contributed by atoms with van der Waals surface area (Å²) in [4.78, 5) is 4.30. The fourth-order valence-electron chi connectivity index (χ4n) is 1.37. The number of halogens is 1. The summed E-state index contributed by atoms with van der Waals surface area (Å²) in [5.74, 6) is 1.50. The van der Waals surface area contributed by atoms with Crippen LogP contribution in [0.1, 0.15) is 17.0 Å². The fraction of sp³-hybridized carbons (Fsp3) is 0.250. The van der Waals surface area contributed by atoms with E-state index in [2.05, 4.69) is 4.98 Å². The summed E-state index contributed by atoms with van der Waals surface area (Å²) in [6, 6.07) is 5.51. The van der Waals surface area contributed by atoms with Crippen molar-refractivity contribution in [2.45, 2.75) is 24.8 Å². The third-order valence-electron chi connectivity index (χ3n) is 2.50. The number of benzene rings is 1. The molecule has 0 bridgehead atoms. The zero-order valence-corrected chi connectivity index (χ0v) is 11.2. The Kier molecular flexibility index (Phi) is 3.64. The highest BCUT2D eigenvalue weighted by molar-refractivity contribution is 7.98. The number of nitrogen functional groups attached to an aromatic ring is 1. The van der Waals surface area contributed by atoms with E-state index in [1.165, 1.54) is 11.8 Å². The number of aromatic nitrogens is 1. The van der Waals surface area contributed by atoms with Crippen molar-refractivity contribution in [2.24, 2.45) is 0 Å². The van der Waals surface area contributed by atoms with Crippen LogP contribution in [-0.2, 0) is 5.75 Å². The molecule has 2 aromatic rings. The number of rotatable bonds is 3. The lowest BCUT2D eigenvalue weighted by Crippen LogP contribution is -1.93. The topological polar surface area (TPSA) is 52.0 Å². The summed E-state index contributed by atoms with van der Waals surface area (Å²) in [5, 5.41) is 1.33. The van der Waals surface area contributed by atoms with Gasteiger partial charge in [-0.15, -0.1) is 0 Å². The van der Waals surface area contributed by atoms with Crippen molar-refractivity contribution < 1.29 is 4.42 Å². The van der Waals surface area contributed by atoms with E-state index in [0.717, 1.165) is 17.0 Å². The molecule has 0 saturated heterocycles. The molecule has 0 aliphatic carbocycles. The van der Waals surface area contributed by atoms with Crippen molar-refractivity contribution >= 4 is 29.1 Å². The van der Waals surface area contributed by atoms with Crippen LogP contribution in [0.4, 0.5) is 5.69 Å². The van der Waals surface area contributed by atoms with Gasteiger partial charge in [0, 0.05) is 22.0 Å². The van der Waals surface area contributed by atoms with E-state index < -0.39 is 0 Å². The van der Waals surface area contributed by atoms with E-state index in [1.807, 2.05) is 32.0 Å². The zero-order chi connectivity index (χ0) is 12.4. The molecule has 5 heteroatoms. The van der Waals surface area contributed by atoms with Crippen molar-refractivity contribution in [1.29, 1.82) is 0 Å². The number of hydrogen-bond donors (Lipinski definition) is 1. The van der Waals surface area contributed by atoms with Crippen molar-refractivity contribution in [3.63, 3.8) is 0 Å². The normalized spacial score (nSPS) is 10.8. The van der Waals surface area contributed by atoms with Gasteiger partial charge in [0.2, 0.25) is 0 Å². The molecule has 90 valence electrons. The fourth-order valence-corrected chi connectivity index (χ4v) is 2.67. The van der Waals surface area contributed by atoms with Gasteiger partial charge < -0.3 is 10.2 Å². The van der Waals surface area contributed by atoms with Crippen LogP contribution < -0.4 is 5.73 Å². The number of nitrogens with two attached hydrogens (primary N) is 1. The first-order chi connectivity index (χ1) is 8.08. The first-order valence-corrected chi connectivity index (χ1v) is 6.54. The highest BCUT2D eigenvalue weighted by atomic mass is 35.5. The number of oxazole rings is 1. The molecule has 0 saturated carbocycles. The lowest BCUT2D eigenvalue weighted by atomic mass is 10.2. The minimum atomic E-state index is 0.652. The number of hydrogen-bond acceptors (Lipinski definition) is 4. The van der Waals surface area contributed by atoms with Crippen molar-refractivity contribution in [2.75, 3.05) is 5.73 Å². The van der Waals surface area contributed by atoms with Crippen molar-refractivity contribution in [3.05, 3.63) is 40.2 Å². The summed E-state index contributed by atoms with van der Waals surface area (Å²) in [5.41, 5.74) is 8.41. The summed E-state index contributed by atoms with van der Waals surface area (Å²) in [6.45, 7) is 3.82. The molecular formula is C12H13ClN2OS. The minimum Gasteiger partial charge on any atom is -0.437 e. The third kappa shape index (κ3) is 2.76. The van der Waals surface area contributed by atoms with Gasteiger partial charge in [-0.2, -0.15) is 0 Å². The Bertz CT molecular complexity index is 500. The molecule has 1 heterocycles. The molecule has 2 rings (SSSR count). The van der Waals surface area contributed by atoms with Gasteiger partial charge in [-0.25, -0.2) is 4.98 Å². The molecule has 0 aliphatic heterocycles. The van der Waals surface area contributed by atoms with Crippen LogP contribution in [0.25, 0.3) is 0 Å². The SMILES string of the molecule is Cc1nc(SCc2c(N)cccc2Cl)oc1C. The summed E-state index contributed by atoms with van der Waals surface area (Å²) in [7, 11) is 0. The van der Waals surface area contributed by atoms with E-state index in [1.54, 1.807) is 0 Å². The second-order valence-electron chi connectivity index (χ2n) is 3.72. The average molecular weight is 269 g/mol.